The van der Waals surface area contributed by atoms with E-state index in [9.17, 15) is 9.18 Å². The molecule has 1 saturated heterocycles. The lowest BCUT2D eigenvalue weighted by atomic mass is 10.1. The van der Waals surface area contributed by atoms with E-state index in [1.54, 1.807) is 35.9 Å². The van der Waals surface area contributed by atoms with Crippen molar-refractivity contribution < 1.29 is 13.9 Å². The molecule has 8 heteroatoms. The fraction of sp³-hybridized carbons (Fsp3) is 0.259. The van der Waals surface area contributed by atoms with Crippen LogP contribution in [0.2, 0.25) is 5.02 Å². The van der Waals surface area contributed by atoms with Gasteiger partial charge in [0.1, 0.15) is 16.9 Å². The molecule has 1 amide bonds. The van der Waals surface area contributed by atoms with Crippen molar-refractivity contribution in [2.45, 2.75) is 18.2 Å². The topological polar surface area (TPSA) is 54.5 Å². The molecule has 4 aromatic rings. The zero-order valence-electron chi connectivity index (χ0n) is 19.3. The van der Waals surface area contributed by atoms with E-state index in [0.717, 1.165) is 33.2 Å². The Bertz CT molecular complexity index is 1400. The average Bonchev–Trinajstić information content (AvgIpc) is 2.86. The number of aromatic nitrogens is 1. The van der Waals surface area contributed by atoms with Crippen LogP contribution in [0.15, 0.2) is 60.7 Å². The zero-order chi connectivity index (χ0) is 24.4. The molecule has 180 valence electrons. The number of hydrogen-bond acceptors (Lipinski definition) is 5. The Morgan fingerprint density at radius 2 is 2.00 bits per heavy atom. The summed E-state index contributed by atoms with van der Waals surface area (Å²) in [4.78, 5) is 19.3. The van der Waals surface area contributed by atoms with E-state index in [2.05, 4.69) is 5.32 Å². The lowest BCUT2D eigenvalue weighted by Crippen LogP contribution is -2.38. The number of ether oxygens (including phenoxy) is 1. The summed E-state index contributed by atoms with van der Waals surface area (Å²) in [5.41, 5.74) is 3.16. The lowest BCUT2D eigenvalue weighted by molar-refractivity contribution is -0.132. The number of amides is 1. The predicted molar refractivity (Wildman–Crippen MR) is 142 cm³/mol. The van der Waals surface area contributed by atoms with Gasteiger partial charge in [-0.3, -0.25) is 4.79 Å². The number of methoxy groups -OCH3 is 1. The summed E-state index contributed by atoms with van der Waals surface area (Å²) in [5, 5.41) is 5.81. The highest BCUT2D eigenvalue weighted by molar-refractivity contribution is 7.99. The van der Waals surface area contributed by atoms with Gasteiger partial charge in [-0.1, -0.05) is 29.8 Å². The van der Waals surface area contributed by atoms with Crippen LogP contribution in [-0.2, 0) is 4.79 Å². The standard InChI is InChI=1S/C27H25ClFN3O2S/c1-34-18-8-10-23-21(16-18)26(20-9-7-17(28)15-24(20)31-23)30-12-4-13-32-25(33)11-14-35-27(32)19-5-2-3-6-22(19)29/h2-3,5-10,15-16,27H,4,11-14H2,1H3,(H,30,31). The SMILES string of the molecule is COc1ccc2nc3cc(Cl)ccc3c(NCCCN3C(=O)CCSC3c3ccccc3F)c2c1. The van der Waals surface area contributed by atoms with E-state index in [4.69, 9.17) is 21.3 Å². The zero-order valence-corrected chi connectivity index (χ0v) is 20.8. The molecule has 0 aliphatic carbocycles. The van der Waals surface area contributed by atoms with Gasteiger partial charge in [-0.2, -0.15) is 0 Å². The second-order valence-corrected chi connectivity index (χ2v) is 10.0. The van der Waals surface area contributed by atoms with Crippen LogP contribution in [0.1, 0.15) is 23.8 Å². The second kappa shape index (κ2) is 10.3. The smallest absolute Gasteiger partial charge is 0.224 e. The van der Waals surface area contributed by atoms with Gasteiger partial charge in [0.2, 0.25) is 5.91 Å². The monoisotopic (exact) mass is 509 g/mol. The Balaban J connectivity index is 1.38. The van der Waals surface area contributed by atoms with Gasteiger partial charge in [-0.25, -0.2) is 9.37 Å². The lowest BCUT2D eigenvalue weighted by Gasteiger charge is -2.35. The molecule has 5 rings (SSSR count). The van der Waals surface area contributed by atoms with Gasteiger partial charge in [-0.05, 0) is 48.9 Å². The van der Waals surface area contributed by atoms with Gasteiger partial charge in [-0.15, -0.1) is 11.8 Å². The highest BCUT2D eigenvalue weighted by Gasteiger charge is 2.31. The van der Waals surface area contributed by atoms with Gasteiger partial charge >= 0.3 is 0 Å². The Morgan fingerprint density at radius 1 is 1.14 bits per heavy atom. The molecule has 0 bridgehead atoms. The van der Waals surface area contributed by atoms with Crippen molar-refractivity contribution in [2.75, 3.05) is 31.3 Å². The Kier molecular flexibility index (Phi) is 6.97. The average molecular weight is 510 g/mol. The molecule has 0 spiro atoms. The predicted octanol–water partition coefficient (Wildman–Crippen LogP) is 6.66. The van der Waals surface area contributed by atoms with Crippen molar-refractivity contribution in [3.63, 3.8) is 0 Å². The first kappa shape index (κ1) is 23.7. The number of nitrogens with one attached hydrogen (secondary N) is 1. The normalized spacial score (nSPS) is 16.1. The number of hydrogen-bond donors (Lipinski definition) is 1. The molecular weight excluding hydrogens is 485 g/mol. The summed E-state index contributed by atoms with van der Waals surface area (Å²) < 4.78 is 19.9. The third-order valence-corrected chi connectivity index (χ3v) is 7.69. The fourth-order valence-corrected chi connectivity index (χ4v) is 5.93. The van der Waals surface area contributed by atoms with E-state index in [-0.39, 0.29) is 17.1 Å². The number of carbonyl (C=O) groups excluding carboxylic acids is 1. The van der Waals surface area contributed by atoms with Crippen LogP contribution >= 0.6 is 23.4 Å². The molecule has 1 aliphatic rings. The third-order valence-electron chi connectivity index (χ3n) is 6.19. The number of thioether (sulfide) groups is 1. The molecule has 0 radical (unpaired) electrons. The van der Waals surface area contributed by atoms with Gasteiger partial charge in [0.15, 0.2) is 0 Å². The van der Waals surface area contributed by atoms with Crippen LogP contribution in [0.3, 0.4) is 0 Å². The Labute approximate surface area is 212 Å². The van der Waals surface area contributed by atoms with Crippen molar-refractivity contribution in [1.29, 1.82) is 0 Å². The van der Waals surface area contributed by atoms with Gasteiger partial charge in [0, 0.05) is 46.6 Å². The van der Waals surface area contributed by atoms with Crippen LogP contribution < -0.4 is 10.1 Å². The van der Waals surface area contributed by atoms with Crippen molar-refractivity contribution >= 4 is 56.8 Å². The molecule has 35 heavy (non-hydrogen) atoms. The molecule has 5 nitrogen and oxygen atoms in total. The first-order chi connectivity index (χ1) is 17.0. The molecule has 1 aliphatic heterocycles. The summed E-state index contributed by atoms with van der Waals surface area (Å²) >= 11 is 7.84. The van der Waals surface area contributed by atoms with Crippen LogP contribution in [0.4, 0.5) is 10.1 Å². The number of halogens is 2. The highest BCUT2D eigenvalue weighted by Crippen LogP contribution is 2.39. The van der Waals surface area contributed by atoms with Crippen molar-refractivity contribution in [1.82, 2.24) is 9.88 Å². The van der Waals surface area contributed by atoms with E-state index in [0.29, 0.717) is 42.3 Å². The van der Waals surface area contributed by atoms with Crippen LogP contribution in [0.25, 0.3) is 21.8 Å². The maximum Gasteiger partial charge on any atom is 0.224 e. The molecule has 1 N–H and O–H groups in total. The summed E-state index contributed by atoms with van der Waals surface area (Å²) in [6.07, 6.45) is 1.18. The van der Waals surface area contributed by atoms with E-state index >= 15 is 0 Å². The fourth-order valence-electron chi connectivity index (χ4n) is 4.47. The highest BCUT2D eigenvalue weighted by atomic mass is 35.5. The summed E-state index contributed by atoms with van der Waals surface area (Å²) in [6, 6.07) is 18.2. The first-order valence-electron chi connectivity index (χ1n) is 11.5. The van der Waals surface area contributed by atoms with Crippen molar-refractivity contribution in [3.05, 3.63) is 77.1 Å². The minimum atomic E-state index is -0.300. The summed E-state index contributed by atoms with van der Waals surface area (Å²) in [5.74, 6) is 1.24. The minimum Gasteiger partial charge on any atom is -0.497 e. The van der Waals surface area contributed by atoms with Gasteiger partial charge in [0.05, 0.1) is 23.8 Å². The van der Waals surface area contributed by atoms with E-state index in [1.807, 2.05) is 42.5 Å². The third kappa shape index (κ3) is 4.88. The number of fused-ring (bicyclic) bond motifs is 2. The Morgan fingerprint density at radius 3 is 2.83 bits per heavy atom. The quantitative estimate of drug-likeness (QED) is 0.223. The summed E-state index contributed by atoms with van der Waals surface area (Å²) in [6.45, 7) is 1.17. The number of anilines is 1. The molecule has 3 aromatic carbocycles. The number of rotatable bonds is 7. The molecule has 2 heterocycles. The van der Waals surface area contributed by atoms with Crippen molar-refractivity contribution in [2.24, 2.45) is 0 Å². The molecular formula is C27H25ClFN3O2S. The maximum atomic E-state index is 14.5. The van der Waals surface area contributed by atoms with Crippen LogP contribution in [0.5, 0.6) is 5.75 Å². The van der Waals surface area contributed by atoms with Gasteiger partial charge < -0.3 is 15.0 Å². The van der Waals surface area contributed by atoms with E-state index < -0.39 is 0 Å². The number of nitrogens with zero attached hydrogens (tertiary/aromatic N) is 2. The van der Waals surface area contributed by atoms with Gasteiger partial charge in [0.25, 0.3) is 0 Å². The largest absolute Gasteiger partial charge is 0.497 e. The summed E-state index contributed by atoms with van der Waals surface area (Å²) in [7, 11) is 1.64. The first-order valence-corrected chi connectivity index (χ1v) is 12.9. The Hall–Kier alpha value is -3.03. The molecule has 1 aromatic heterocycles. The molecule has 0 saturated carbocycles. The molecule has 1 fully saturated rings. The number of carbonyl (C=O) groups is 1. The molecule has 1 unspecified atom stereocenters. The van der Waals surface area contributed by atoms with Crippen molar-refractivity contribution in [3.8, 4) is 5.75 Å². The maximum absolute atomic E-state index is 14.5. The number of benzene rings is 3. The minimum absolute atomic E-state index is 0.0659. The van der Waals surface area contributed by atoms with Crippen LogP contribution in [0, 0.1) is 5.82 Å². The second-order valence-electron chi connectivity index (χ2n) is 8.39. The van der Waals surface area contributed by atoms with Crippen LogP contribution in [-0.4, -0.2) is 41.7 Å². The number of pyridine rings is 1. The van der Waals surface area contributed by atoms with E-state index in [1.165, 1.54) is 6.07 Å². The molecule has 1 atom stereocenters.